The van der Waals surface area contributed by atoms with Gasteiger partial charge < -0.3 is 0 Å². The summed E-state index contributed by atoms with van der Waals surface area (Å²) >= 11 is 5.62. The van der Waals surface area contributed by atoms with Gasteiger partial charge in [-0.25, -0.2) is 0 Å². The molecule has 0 aromatic heterocycles. The van der Waals surface area contributed by atoms with Crippen LogP contribution in [-0.4, -0.2) is 8.83 Å². The summed E-state index contributed by atoms with van der Waals surface area (Å²) < 4.78 is 0. The average Bonchev–Trinajstić information content (AvgIpc) is 2.41. The molecule has 0 nitrogen and oxygen atoms in total. The van der Waals surface area contributed by atoms with Crippen molar-refractivity contribution in [3.63, 3.8) is 0 Å². The minimum atomic E-state index is -0.275. The number of hydrogen-bond donors (Lipinski definition) is 0. The molecule has 0 atom stereocenters. The van der Waals surface area contributed by atoms with Crippen LogP contribution in [0.15, 0.2) is 60.7 Å². The van der Waals surface area contributed by atoms with Crippen LogP contribution in [0.2, 0.25) is 5.04 Å². The molecule has 0 saturated heterocycles. The summed E-state index contributed by atoms with van der Waals surface area (Å²) in [6, 6.07) is 20.8. The molecule has 0 unspecified atom stereocenters. The van der Waals surface area contributed by atoms with Gasteiger partial charge in [-0.1, -0.05) is 81.4 Å². The van der Waals surface area contributed by atoms with Crippen LogP contribution in [0.4, 0.5) is 0 Å². The van der Waals surface area contributed by atoms with Gasteiger partial charge in [0.25, 0.3) is 0 Å². The van der Waals surface area contributed by atoms with E-state index in [4.69, 9.17) is 11.1 Å². The van der Waals surface area contributed by atoms with Crippen molar-refractivity contribution < 1.29 is 0 Å². The Balaban J connectivity index is 0.000000232. The Kier molecular flexibility index (Phi) is 6.17. The van der Waals surface area contributed by atoms with Gasteiger partial charge in [0.1, 0.15) is 8.83 Å². The number of hydrogen-bond acceptors (Lipinski definition) is 0. The van der Waals surface area contributed by atoms with Gasteiger partial charge in [-0.3, -0.25) is 0 Å². The van der Waals surface area contributed by atoms with Crippen LogP contribution < -0.4 is 0 Å². The van der Waals surface area contributed by atoms with Crippen LogP contribution in [0.5, 0.6) is 0 Å². The highest BCUT2D eigenvalue weighted by molar-refractivity contribution is 6.95. The lowest BCUT2D eigenvalue weighted by atomic mass is 10.1. The molecule has 2 aromatic carbocycles. The van der Waals surface area contributed by atoms with Crippen molar-refractivity contribution >= 4 is 19.9 Å². The normalized spacial score (nSPS) is 11.1. The third-order valence-electron chi connectivity index (χ3n) is 2.28. The highest BCUT2D eigenvalue weighted by atomic mass is 35.6. The maximum Gasteiger partial charge on any atom is 0.130 e. The Bertz CT molecular complexity index is 394. The lowest BCUT2D eigenvalue weighted by molar-refractivity contribution is 0.763. The van der Waals surface area contributed by atoms with Crippen LogP contribution in [0, 0.1) is 0 Å². The summed E-state index contributed by atoms with van der Waals surface area (Å²) in [5.41, 5.74) is 2.55. The fourth-order valence-electron chi connectivity index (χ4n) is 1.26. The minimum Gasteiger partial charge on any atom is -0.176 e. The lowest BCUT2D eigenvalue weighted by Gasteiger charge is -2.09. The van der Waals surface area contributed by atoms with Crippen molar-refractivity contribution in [3.05, 3.63) is 60.7 Å². The third-order valence-corrected chi connectivity index (χ3v) is 5.49. The van der Waals surface area contributed by atoms with Gasteiger partial charge in [-0.2, -0.15) is 11.1 Å². The molecule has 0 heterocycles. The monoisotopic (exact) mass is 276 g/mol. The fraction of sp³-hybridized carbons (Fsp3) is 0.250. The number of halogens is 1. The predicted molar refractivity (Wildman–Crippen MR) is 86.0 cm³/mol. The molecule has 0 fully saturated rings. The second-order valence-electron chi connectivity index (χ2n) is 5.43. The predicted octanol–water partition coefficient (Wildman–Crippen LogP) is 4.88. The van der Waals surface area contributed by atoms with Crippen LogP contribution in [0.1, 0.15) is 20.8 Å². The molecule has 0 aliphatic heterocycles. The molecule has 0 bridgehead atoms. The maximum atomic E-state index is 5.62. The van der Waals surface area contributed by atoms with Crippen LogP contribution in [0.3, 0.4) is 0 Å². The van der Waals surface area contributed by atoms with Gasteiger partial charge >= 0.3 is 0 Å². The van der Waals surface area contributed by atoms with E-state index in [2.05, 4.69) is 69.3 Å². The third kappa shape index (κ3) is 6.04. The standard InChI is InChI=1S/C12H10.C4H11ClSi/c1-3-7-11(8-4-1)12-9-5-2-6-10-12;1-4(2,3)6-5/h1-10H;6H2,1-3H3. The fourth-order valence-corrected chi connectivity index (χ4v) is 1.26. The first kappa shape index (κ1) is 15.0. The van der Waals surface area contributed by atoms with Crippen LogP contribution >= 0.6 is 11.1 Å². The zero-order valence-corrected chi connectivity index (χ0v) is 13.5. The van der Waals surface area contributed by atoms with Crippen LogP contribution in [0.25, 0.3) is 11.1 Å². The second-order valence-corrected chi connectivity index (χ2v) is 8.62. The van der Waals surface area contributed by atoms with Gasteiger partial charge in [-0.15, -0.1) is 0 Å². The summed E-state index contributed by atoms with van der Waals surface area (Å²) in [4.78, 5) is 0. The number of benzene rings is 2. The highest BCUT2D eigenvalue weighted by Crippen LogP contribution is 2.20. The van der Waals surface area contributed by atoms with Gasteiger partial charge in [0.2, 0.25) is 0 Å². The van der Waals surface area contributed by atoms with E-state index >= 15 is 0 Å². The van der Waals surface area contributed by atoms with Crippen molar-refractivity contribution in [3.8, 4) is 11.1 Å². The quantitative estimate of drug-likeness (QED) is 0.514. The zero-order chi connectivity index (χ0) is 13.4. The van der Waals surface area contributed by atoms with E-state index in [-0.39, 0.29) is 8.83 Å². The van der Waals surface area contributed by atoms with Gasteiger partial charge in [-0.05, 0) is 16.2 Å². The zero-order valence-electron chi connectivity index (χ0n) is 11.4. The Labute approximate surface area is 118 Å². The van der Waals surface area contributed by atoms with Crippen molar-refractivity contribution in [2.75, 3.05) is 0 Å². The van der Waals surface area contributed by atoms with Crippen LogP contribution in [-0.2, 0) is 0 Å². The minimum absolute atomic E-state index is 0.275. The van der Waals surface area contributed by atoms with Gasteiger partial charge in [0.15, 0.2) is 0 Å². The Morgan fingerprint density at radius 3 is 1.22 bits per heavy atom. The molecule has 0 aliphatic carbocycles. The molecule has 0 aliphatic rings. The van der Waals surface area contributed by atoms with E-state index in [0.29, 0.717) is 5.04 Å². The van der Waals surface area contributed by atoms with Gasteiger partial charge in [0, 0.05) is 0 Å². The van der Waals surface area contributed by atoms with E-state index < -0.39 is 0 Å². The van der Waals surface area contributed by atoms with Crippen molar-refractivity contribution in [2.45, 2.75) is 25.8 Å². The Hall–Kier alpha value is -1.05. The summed E-state index contributed by atoms with van der Waals surface area (Å²) in [6.07, 6.45) is 0. The Morgan fingerprint density at radius 2 is 1.00 bits per heavy atom. The molecular formula is C16H21ClSi. The SMILES string of the molecule is CC(C)(C)[SiH2]Cl.c1ccc(-c2ccccc2)cc1. The van der Waals surface area contributed by atoms with E-state index in [9.17, 15) is 0 Å². The number of rotatable bonds is 1. The lowest BCUT2D eigenvalue weighted by Crippen LogP contribution is -1.99. The van der Waals surface area contributed by atoms with Crippen molar-refractivity contribution in [1.29, 1.82) is 0 Å². The summed E-state index contributed by atoms with van der Waals surface area (Å²) in [6.45, 7) is 6.52. The van der Waals surface area contributed by atoms with Gasteiger partial charge in [0.05, 0.1) is 0 Å². The van der Waals surface area contributed by atoms with E-state index in [1.54, 1.807) is 0 Å². The topological polar surface area (TPSA) is 0 Å². The molecule has 0 N–H and O–H groups in total. The second kappa shape index (κ2) is 7.40. The smallest absolute Gasteiger partial charge is 0.130 e. The highest BCUT2D eigenvalue weighted by Gasteiger charge is 2.06. The largest absolute Gasteiger partial charge is 0.176 e. The molecule has 2 rings (SSSR count). The van der Waals surface area contributed by atoms with Crippen molar-refractivity contribution in [1.82, 2.24) is 0 Å². The summed E-state index contributed by atoms with van der Waals surface area (Å²) in [5, 5.41) is 0.446. The average molecular weight is 277 g/mol. The van der Waals surface area contributed by atoms with E-state index in [0.717, 1.165) is 0 Å². The first-order valence-electron chi connectivity index (χ1n) is 6.19. The molecule has 0 amide bonds. The Morgan fingerprint density at radius 1 is 0.722 bits per heavy atom. The first-order chi connectivity index (χ1) is 8.53. The molecular weight excluding hydrogens is 256 g/mol. The van der Waals surface area contributed by atoms with Crippen molar-refractivity contribution in [2.24, 2.45) is 0 Å². The molecule has 2 aromatic rings. The van der Waals surface area contributed by atoms with E-state index in [1.807, 2.05) is 12.1 Å². The molecule has 0 radical (unpaired) electrons. The molecule has 2 heteroatoms. The summed E-state index contributed by atoms with van der Waals surface area (Å²) in [5.74, 6) is 0. The maximum absolute atomic E-state index is 5.62. The molecule has 18 heavy (non-hydrogen) atoms. The van der Waals surface area contributed by atoms with E-state index in [1.165, 1.54) is 11.1 Å². The molecule has 96 valence electrons. The molecule has 0 saturated carbocycles. The summed E-state index contributed by atoms with van der Waals surface area (Å²) in [7, 11) is -0.275. The molecule has 0 spiro atoms. The first-order valence-corrected chi connectivity index (χ1v) is 9.04.